The van der Waals surface area contributed by atoms with Crippen molar-refractivity contribution in [3.63, 3.8) is 0 Å². The molecule has 18 heavy (non-hydrogen) atoms. The monoisotopic (exact) mass is 234 g/mol. The Balaban J connectivity index is 2.43. The summed E-state index contributed by atoms with van der Waals surface area (Å²) in [6.07, 6.45) is 0.527. The maximum atomic E-state index is 9.07. The standard InChI is InChI=1S/C14H10N4/c15-8-11-7-12(9-16)14(17)18-13(11)6-10-4-2-1-3-5-10/h1-5,7H,6H2,(H2,17,18). The summed E-state index contributed by atoms with van der Waals surface area (Å²) in [7, 11) is 0. The van der Waals surface area contributed by atoms with Crippen LogP contribution in [0.4, 0.5) is 5.82 Å². The zero-order valence-electron chi connectivity index (χ0n) is 9.59. The van der Waals surface area contributed by atoms with Crippen LogP contribution < -0.4 is 5.73 Å². The van der Waals surface area contributed by atoms with Crippen molar-refractivity contribution in [2.75, 3.05) is 5.73 Å². The van der Waals surface area contributed by atoms with Crippen molar-refractivity contribution in [2.45, 2.75) is 6.42 Å². The summed E-state index contributed by atoms with van der Waals surface area (Å²) in [6, 6.07) is 15.1. The zero-order valence-corrected chi connectivity index (χ0v) is 9.59. The molecule has 4 nitrogen and oxygen atoms in total. The Hall–Kier alpha value is -2.85. The van der Waals surface area contributed by atoms with E-state index in [4.69, 9.17) is 16.3 Å². The second kappa shape index (κ2) is 4.99. The first-order valence-electron chi connectivity index (χ1n) is 5.38. The van der Waals surface area contributed by atoms with Gasteiger partial charge in [0.25, 0.3) is 0 Å². The van der Waals surface area contributed by atoms with Crippen LogP contribution in [-0.4, -0.2) is 4.98 Å². The highest BCUT2D eigenvalue weighted by molar-refractivity contribution is 5.54. The third kappa shape index (κ3) is 2.28. The molecule has 1 aromatic heterocycles. The molecule has 2 N–H and O–H groups in total. The molecule has 1 aromatic carbocycles. The molecule has 0 bridgehead atoms. The van der Waals surface area contributed by atoms with Crippen LogP contribution in [0.3, 0.4) is 0 Å². The van der Waals surface area contributed by atoms with Crippen LogP contribution in [0.5, 0.6) is 0 Å². The Bertz CT molecular complexity index is 648. The summed E-state index contributed by atoms with van der Waals surface area (Å²) in [5, 5.41) is 17.9. The van der Waals surface area contributed by atoms with Gasteiger partial charge in [-0.25, -0.2) is 4.98 Å². The predicted octanol–water partition coefficient (Wildman–Crippen LogP) is 2.00. The molecular formula is C14H10N4. The van der Waals surface area contributed by atoms with Crippen molar-refractivity contribution >= 4 is 5.82 Å². The van der Waals surface area contributed by atoms with Crippen molar-refractivity contribution < 1.29 is 0 Å². The number of anilines is 1. The molecule has 2 aromatic rings. The van der Waals surface area contributed by atoms with E-state index in [0.29, 0.717) is 17.7 Å². The lowest BCUT2D eigenvalue weighted by Gasteiger charge is -2.05. The van der Waals surface area contributed by atoms with Gasteiger partial charge in [0.05, 0.1) is 16.8 Å². The normalized spacial score (nSPS) is 9.44. The molecule has 0 spiro atoms. The Morgan fingerprint density at radius 2 is 1.72 bits per heavy atom. The molecule has 0 amide bonds. The van der Waals surface area contributed by atoms with Crippen molar-refractivity contribution in [3.8, 4) is 12.1 Å². The smallest absolute Gasteiger partial charge is 0.141 e. The lowest BCUT2D eigenvalue weighted by Crippen LogP contribution is -2.03. The number of aromatic nitrogens is 1. The number of nitriles is 2. The molecule has 1 heterocycles. The molecule has 86 valence electrons. The van der Waals surface area contributed by atoms with Crippen molar-refractivity contribution in [3.05, 3.63) is 58.8 Å². The lowest BCUT2D eigenvalue weighted by molar-refractivity contribution is 1.06. The van der Waals surface area contributed by atoms with Gasteiger partial charge in [0, 0.05) is 6.42 Å². The maximum Gasteiger partial charge on any atom is 0.141 e. The Kier molecular flexibility index (Phi) is 3.22. The van der Waals surface area contributed by atoms with Crippen LogP contribution in [0, 0.1) is 22.7 Å². The SMILES string of the molecule is N#Cc1cc(C#N)c(Cc2ccccc2)nc1N. The van der Waals surface area contributed by atoms with Gasteiger partial charge in [0.15, 0.2) is 0 Å². The Morgan fingerprint density at radius 1 is 1.06 bits per heavy atom. The molecule has 0 aliphatic rings. The summed E-state index contributed by atoms with van der Waals surface area (Å²) in [4.78, 5) is 4.14. The number of nitrogens with two attached hydrogens (primary N) is 1. The van der Waals surface area contributed by atoms with Gasteiger partial charge in [-0.1, -0.05) is 30.3 Å². The van der Waals surface area contributed by atoms with Crippen LogP contribution in [-0.2, 0) is 6.42 Å². The topological polar surface area (TPSA) is 86.5 Å². The van der Waals surface area contributed by atoms with Crippen molar-refractivity contribution in [1.29, 1.82) is 10.5 Å². The van der Waals surface area contributed by atoms with E-state index in [0.717, 1.165) is 5.56 Å². The average molecular weight is 234 g/mol. The van der Waals surface area contributed by atoms with E-state index in [-0.39, 0.29) is 11.4 Å². The first-order valence-corrected chi connectivity index (χ1v) is 5.38. The van der Waals surface area contributed by atoms with Crippen LogP contribution in [0.2, 0.25) is 0 Å². The fourth-order valence-corrected chi connectivity index (χ4v) is 1.68. The molecule has 0 aliphatic heterocycles. The highest BCUT2D eigenvalue weighted by Crippen LogP contribution is 2.17. The van der Waals surface area contributed by atoms with Crippen LogP contribution >= 0.6 is 0 Å². The number of hydrogen-bond donors (Lipinski definition) is 1. The molecule has 4 heteroatoms. The highest BCUT2D eigenvalue weighted by atomic mass is 14.8. The quantitative estimate of drug-likeness (QED) is 0.860. The van der Waals surface area contributed by atoms with Gasteiger partial charge in [-0.2, -0.15) is 10.5 Å². The molecular weight excluding hydrogens is 224 g/mol. The third-order valence-electron chi connectivity index (χ3n) is 2.59. The highest BCUT2D eigenvalue weighted by Gasteiger charge is 2.10. The first kappa shape index (κ1) is 11.6. The van der Waals surface area contributed by atoms with Gasteiger partial charge in [0.2, 0.25) is 0 Å². The lowest BCUT2D eigenvalue weighted by atomic mass is 10.0. The number of rotatable bonds is 2. The molecule has 0 saturated heterocycles. The van der Waals surface area contributed by atoms with E-state index in [2.05, 4.69) is 4.98 Å². The van der Waals surface area contributed by atoms with Gasteiger partial charge in [-0.05, 0) is 11.6 Å². The average Bonchev–Trinajstić information content (AvgIpc) is 2.40. The van der Waals surface area contributed by atoms with E-state index in [1.165, 1.54) is 6.07 Å². The minimum absolute atomic E-state index is 0.169. The molecule has 0 fully saturated rings. The van der Waals surface area contributed by atoms with Gasteiger partial charge in [-0.3, -0.25) is 0 Å². The Labute approximate surface area is 105 Å². The Morgan fingerprint density at radius 3 is 2.33 bits per heavy atom. The van der Waals surface area contributed by atoms with Crippen molar-refractivity contribution in [2.24, 2.45) is 0 Å². The summed E-state index contributed by atoms with van der Waals surface area (Å²) in [5.41, 5.74) is 7.94. The maximum absolute atomic E-state index is 9.07. The van der Waals surface area contributed by atoms with Crippen LogP contribution in [0.1, 0.15) is 22.4 Å². The number of hydrogen-bond acceptors (Lipinski definition) is 4. The van der Waals surface area contributed by atoms with Crippen LogP contribution in [0.25, 0.3) is 0 Å². The third-order valence-corrected chi connectivity index (χ3v) is 2.59. The number of nitrogens with zero attached hydrogens (tertiary/aromatic N) is 3. The summed E-state index contributed by atoms with van der Waals surface area (Å²) in [6.45, 7) is 0. The molecule has 0 aliphatic carbocycles. The largest absolute Gasteiger partial charge is 0.383 e. The zero-order chi connectivity index (χ0) is 13.0. The van der Waals surface area contributed by atoms with E-state index >= 15 is 0 Å². The van der Waals surface area contributed by atoms with Gasteiger partial charge >= 0.3 is 0 Å². The summed E-state index contributed by atoms with van der Waals surface area (Å²) in [5.74, 6) is 0.169. The van der Waals surface area contributed by atoms with Crippen molar-refractivity contribution in [1.82, 2.24) is 4.98 Å². The van der Waals surface area contributed by atoms with E-state index in [1.807, 2.05) is 42.5 Å². The fraction of sp³-hybridized carbons (Fsp3) is 0.0714. The van der Waals surface area contributed by atoms with Gasteiger partial charge < -0.3 is 5.73 Å². The number of benzene rings is 1. The number of nitrogen functional groups attached to an aromatic ring is 1. The van der Waals surface area contributed by atoms with E-state index in [9.17, 15) is 0 Å². The molecule has 0 saturated carbocycles. The fourth-order valence-electron chi connectivity index (χ4n) is 1.68. The predicted molar refractivity (Wildman–Crippen MR) is 67.3 cm³/mol. The summed E-state index contributed by atoms with van der Waals surface area (Å²) >= 11 is 0. The minimum Gasteiger partial charge on any atom is -0.383 e. The molecule has 2 rings (SSSR count). The van der Waals surface area contributed by atoms with Gasteiger partial charge in [0.1, 0.15) is 18.0 Å². The molecule has 0 unspecified atom stereocenters. The van der Waals surface area contributed by atoms with Gasteiger partial charge in [-0.15, -0.1) is 0 Å². The first-order chi connectivity index (χ1) is 8.74. The second-order valence-electron chi connectivity index (χ2n) is 3.80. The second-order valence-corrected chi connectivity index (χ2v) is 3.80. The van der Waals surface area contributed by atoms with E-state index < -0.39 is 0 Å². The van der Waals surface area contributed by atoms with E-state index in [1.54, 1.807) is 0 Å². The molecule has 0 radical (unpaired) electrons. The summed E-state index contributed by atoms with van der Waals surface area (Å²) < 4.78 is 0. The van der Waals surface area contributed by atoms with Crippen LogP contribution in [0.15, 0.2) is 36.4 Å². The number of pyridine rings is 1. The minimum atomic E-state index is 0.169. The molecule has 0 atom stereocenters.